The number of hydrogen-bond acceptors (Lipinski definition) is 2. The van der Waals surface area contributed by atoms with Crippen LogP contribution in [0.2, 0.25) is 0 Å². The zero-order valence-corrected chi connectivity index (χ0v) is 10.5. The first kappa shape index (κ1) is 10.8. The number of para-hydroxylation sites is 1. The summed E-state index contributed by atoms with van der Waals surface area (Å²) in [5, 5.41) is 5.80. The van der Waals surface area contributed by atoms with E-state index in [0.717, 1.165) is 16.9 Å². The maximum absolute atomic E-state index is 4.57. The van der Waals surface area contributed by atoms with Gasteiger partial charge in [0.25, 0.3) is 0 Å². The third-order valence-electron chi connectivity index (χ3n) is 3.15. The van der Waals surface area contributed by atoms with Gasteiger partial charge in [0, 0.05) is 5.39 Å². The number of aryl methyl sites for hydroxylation is 2. The Bertz CT molecular complexity index is 684. The van der Waals surface area contributed by atoms with Gasteiger partial charge in [-0.15, -0.1) is 0 Å². The molecule has 3 heteroatoms. The summed E-state index contributed by atoms with van der Waals surface area (Å²) in [5.41, 5.74) is 7.74. The SMILES string of the molecule is Cc1cccc2nn(Nc3ccccc3)c(C)c12. The van der Waals surface area contributed by atoms with Crippen LogP contribution in [0.25, 0.3) is 10.9 Å². The van der Waals surface area contributed by atoms with Gasteiger partial charge in [0.05, 0.1) is 16.9 Å². The number of aromatic nitrogens is 2. The fourth-order valence-electron chi connectivity index (χ4n) is 2.24. The molecule has 1 heterocycles. The van der Waals surface area contributed by atoms with Crippen LogP contribution in [-0.4, -0.2) is 9.89 Å². The molecule has 0 bridgehead atoms. The van der Waals surface area contributed by atoms with Crippen LogP contribution in [-0.2, 0) is 0 Å². The fraction of sp³-hybridized carbons (Fsp3) is 0.133. The Balaban J connectivity index is 2.08. The van der Waals surface area contributed by atoms with Crippen LogP contribution in [0.15, 0.2) is 48.5 Å². The number of nitrogens with zero attached hydrogens (tertiary/aromatic N) is 2. The Labute approximate surface area is 106 Å². The van der Waals surface area contributed by atoms with Gasteiger partial charge in [-0.2, -0.15) is 9.89 Å². The Morgan fingerprint density at radius 2 is 1.72 bits per heavy atom. The van der Waals surface area contributed by atoms with E-state index >= 15 is 0 Å². The predicted octanol–water partition coefficient (Wildman–Crippen LogP) is 3.53. The first-order chi connectivity index (χ1) is 8.75. The summed E-state index contributed by atoms with van der Waals surface area (Å²) in [6.45, 7) is 4.20. The van der Waals surface area contributed by atoms with Crippen LogP contribution >= 0.6 is 0 Å². The van der Waals surface area contributed by atoms with Crippen molar-refractivity contribution in [3.63, 3.8) is 0 Å². The van der Waals surface area contributed by atoms with Crippen molar-refractivity contribution in [3.8, 4) is 0 Å². The molecule has 0 unspecified atom stereocenters. The summed E-state index contributed by atoms with van der Waals surface area (Å²) in [6.07, 6.45) is 0. The average Bonchev–Trinajstić information content (AvgIpc) is 2.69. The molecular weight excluding hydrogens is 222 g/mol. The lowest BCUT2D eigenvalue weighted by molar-refractivity contribution is 0.786. The molecule has 18 heavy (non-hydrogen) atoms. The van der Waals surface area contributed by atoms with Crippen molar-refractivity contribution in [2.75, 3.05) is 5.43 Å². The van der Waals surface area contributed by atoms with Crippen molar-refractivity contribution in [2.24, 2.45) is 0 Å². The Kier molecular flexibility index (Phi) is 2.52. The highest BCUT2D eigenvalue weighted by molar-refractivity contribution is 5.84. The highest BCUT2D eigenvalue weighted by Crippen LogP contribution is 2.21. The maximum Gasteiger partial charge on any atom is 0.0949 e. The molecule has 0 aliphatic heterocycles. The highest BCUT2D eigenvalue weighted by Gasteiger charge is 2.08. The monoisotopic (exact) mass is 237 g/mol. The van der Waals surface area contributed by atoms with E-state index in [1.54, 1.807) is 0 Å². The van der Waals surface area contributed by atoms with Crippen LogP contribution in [0.3, 0.4) is 0 Å². The molecule has 1 aromatic heterocycles. The highest BCUT2D eigenvalue weighted by atomic mass is 15.6. The number of nitrogens with one attached hydrogen (secondary N) is 1. The lowest BCUT2D eigenvalue weighted by atomic mass is 10.1. The molecular formula is C15H15N3. The Hall–Kier alpha value is -2.29. The second-order valence-corrected chi connectivity index (χ2v) is 4.44. The first-order valence-corrected chi connectivity index (χ1v) is 6.03. The normalized spacial score (nSPS) is 10.8. The van der Waals surface area contributed by atoms with Crippen molar-refractivity contribution >= 4 is 16.6 Å². The molecule has 0 saturated heterocycles. The van der Waals surface area contributed by atoms with E-state index in [2.05, 4.69) is 30.4 Å². The molecule has 90 valence electrons. The van der Waals surface area contributed by atoms with Crippen LogP contribution in [0.1, 0.15) is 11.3 Å². The molecule has 3 rings (SSSR count). The minimum absolute atomic E-state index is 1.02. The van der Waals surface area contributed by atoms with Gasteiger partial charge in [-0.1, -0.05) is 30.3 Å². The summed E-state index contributed by atoms with van der Waals surface area (Å²) in [5.74, 6) is 0. The number of anilines is 1. The largest absolute Gasteiger partial charge is 0.278 e. The van der Waals surface area contributed by atoms with Crippen LogP contribution in [0, 0.1) is 13.8 Å². The van der Waals surface area contributed by atoms with Gasteiger partial charge in [0.1, 0.15) is 0 Å². The van der Waals surface area contributed by atoms with Gasteiger partial charge in [0.2, 0.25) is 0 Å². The minimum atomic E-state index is 1.02. The zero-order valence-electron chi connectivity index (χ0n) is 10.5. The van der Waals surface area contributed by atoms with Crippen molar-refractivity contribution in [1.29, 1.82) is 0 Å². The number of rotatable bonds is 2. The molecule has 0 saturated carbocycles. The Morgan fingerprint density at radius 1 is 0.944 bits per heavy atom. The lowest BCUT2D eigenvalue weighted by Gasteiger charge is -2.07. The van der Waals surface area contributed by atoms with Gasteiger partial charge in [-0.3, -0.25) is 5.43 Å². The van der Waals surface area contributed by atoms with Crippen LogP contribution < -0.4 is 5.43 Å². The molecule has 0 radical (unpaired) electrons. The molecule has 2 aromatic carbocycles. The van der Waals surface area contributed by atoms with E-state index in [0.29, 0.717) is 0 Å². The molecule has 0 aliphatic rings. The van der Waals surface area contributed by atoms with Gasteiger partial charge >= 0.3 is 0 Å². The summed E-state index contributed by atoms with van der Waals surface area (Å²) < 4.78 is 0. The second-order valence-electron chi connectivity index (χ2n) is 4.44. The molecule has 0 fully saturated rings. The van der Waals surface area contributed by atoms with Crippen molar-refractivity contribution < 1.29 is 0 Å². The number of fused-ring (bicyclic) bond motifs is 1. The smallest absolute Gasteiger partial charge is 0.0949 e. The van der Waals surface area contributed by atoms with E-state index in [-0.39, 0.29) is 0 Å². The second kappa shape index (κ2) is 4.18. The number of benzene rings is 2. The van der Waals surface area contributed by atoms with Gasteiger partial charge in [0.15, 0.2) is 0 Å². The molecule has 0 spiro atoms. The topological polar surface area (TPSA) is 29.9 Å². The van der Waals surface area contributed by atoms with Crippen LogP contribution in [0.4, 0.5) is 5.69 Å². The standard InChI is InChI=1S/C15H15N3/c1-11-7-6-10-14-15(11)12(2)18(17-14)16-13-8-4-3-5-9-13/h3-10,16H,1-2H3. The summed E-state index contributed by atoms with van der Waals surface area (Å²) >= 11 is 0. The molecule has 3 nitrogen and oxygen atoms in total. The lowest BCUT2D eigenvalue weighted by Crippen LogP contribution is -2.12. The van der Waals surface area contributed by atoms with E-state index < -0.39 is 0 Å². The first-order valence-electron chi connectivity index (χ1n) is 6.03. The average molecular weight is 237 g/mol. The van der Waals surface area contributed by atoms with Crippen LogP contribution in [0.5, 0.6) is 0 Å². The minimum Gasteiger partial charge on any atom is -0.278 e. The van der Waals surface area contributed by atoms with E-state index in [4.69, 9.17) is 0 Å². The number of hydrogen-bond donors (Lipinski definition) is 1. The molecule has 0 atom stereocenters. The fourth-order valence-corrected chi connectivity index (χ4v) is 2.24. The van der Waals surface area contributed by atoms with Gasteiger partial charge < -0.3 is 0 Å². The summed E-state index contributed by atoms with van der Waals surface area (Å²) in [4.78, 5) is 1.84. The van der Waals surface area contributed by atoms with Gasteiger partial charge in [-0.25, -0.2) is 0 Å². The molecule has 1 N–H and O–H groups in total. The van der Waals surface area contributed by atoms with E-state index in [1.807, 2.05) is 47.3 Å². The maximum atomic E-state index is 4.57. The van der Waals surface area contributed by atoms with Crippen molar-refractivity contribution in [1.82, 2.24) is 9.89 Å². The van der Waals surface area contributed by atoms with Crippen molar-refractivity contribution in [2.45, 2.75) is 13.8 Å². The molecule has 0 aliphatic carbocycles. The molecule has 0 amide bonds. The quantitative estimate of drug-likeness (QED) is 0.739. The van der Waals surface area contributed by atoms with E-state index in [1.165, 1.54) is 10.9 Å². The van der Waals surface area contributed by atoms with Gasteiger partial charge in [-0.05, 0) is 37.6 Å². The summed E-state index contributed by atoms with van der Waals surface area (Å²) in [7, 11) is 0. The predicted molar refractivity (Wildman–Crippen MR) is 74.7 cm³/mol. The molecule has 3 aromatic rings. The summed E-state index contributed by atoms with van der Waals surface area (Å²) in [6, 6.07) is 16.3. The third kappa shape index (κ3) is 1.74. The van der Waals surface area contributed by atoms with E-state index in [9.17, 15) is 0 Å². The zero-order chi connectivity index (χ0) is 12.5. The third-order valence-corrected chi connectivity index (χ3v) is 3.15. The van der Waals surface area contributed by atoms with Crippen molar-refractivity contribution in [3.05, 3.63) is 59.8 Å². The Morgan fingerprint density at radius 3 is 2.44 bits per heavy atom.